The van der Waals surface area contributed by atoms with E-state index in [2.05, 4.69) is 29.6 Å². The summed E-state index contributed by atoms with van der Waals surface area (Å²) >= 11 is 0. The molecule has 17 heavy (non-hydrogen) atoms. The summed E-state index contributed by atoms with van der Waals surface area (Å²) in [5, 5.41) is 3.48. The van der Waals surface area contributed by atoms with Crippen LogP contribution in [0.5, 0.6) is 11.5 Å². The van der Waals surface area contributed by atoms with E-state index >= 15 is 0 Å². The minimum Gasteiger partial charge on any atom is -0.493 e. The molecule has 1 aliphatic heterocycles. The first kappa shape index (κ1) is 12.0. The normalized spacial score (nSPS) is 19.1. The van der Waals surface area contributed by atoms with Gasteiger partial charge in [-0.05, 0) is 36.6 Å². The fraction of sp³-hybridized carbons (Fsp3) is 0.429. The maximum Gasteiger partial charge on any atom is 0.161 e. The highest BCUT2D eigenvalue weighted by molar-refractivity contribution is 5.50. The molecule has 3 nitrogen and oxygen atoms in total. The van der Waals surface area contributed by atoms with E-state index in [1.54, 1.807) is 14.2 Å². The molecule has 0 aromatic heterocycles. The number of rotatable bonds is 3. The van der Waals surface area contributed by atoms with E-state index in [0.29, 0.717) is 0 Å². The van der Waals surface area contributed by atoms with E-state index in [0.717, 1.165) is 24.5 Å². The van der Waals surface area contributed by atoms with Crippen LogP contribution in [0.4, 0.5) is 0 Å². The van der Waals surface area contributed by atoms with Crippen LogP contribution in [0.3, 0.4) is 0 Å². The van der Waals surface area contributed by atoms with E-state index in [1.165, 1.54) is 11.1 Å². The lowest BCUT2D eigenvalue weighted by molar-refractivity contribution is 0.353. The van der Waals surface area contributed by atoms with Gasteiger partial charge in [0.05, 0.1) is 20.3 Å². The average molecular weight is 233 g/mol. The molecule has 0 saturated carbocycles. The van der Waals surface area contributed by atoms with Gasteiger partial charge in [0.2, 0.25) is 0 Å². The van der Waals surface area contributed by atoms with E-state index in [-0.39, 0.29) is 6.04 Å². The molecule has 2 rings (SSSR count). The fourth-order valence-corrected chi connectivity index (χ4v) is 2.28. The summed E-state index contributed by atoms with van der Waals surface area (Å²) in [6.07, 6.45) is 5.27. The third-order valence-electron chi connectivity index (χ3n) is 3.12. The second-order valence-corrected chi connectivity index (χ2v) is 4.11. The Morgan fingerprint density at radius 2 is 1.94 bits per heavy atom. The third-order valence-corrected chi connectivity index (χ3v) is 3.12. The first-order valence-electron chi connectivity index (χ1n) is 5.91. The first-order valence-corrected chi connectivity index (χ1v) is 5.91. The first-order chi connectivity index (χ1) is 8.30. The van der Waals surface area contributed by atoms with Crippen molar-refractivity contribution in [2.24, 2.45) is 0 Å². The lowest BCUT2D eigenvalue weighted by atomic mass is 9.93. The molecule has 0 saturated heterocycles. The van der Waals surface area contributed by atoms with Gasteiger partial charge >= 0.3 is 0 Å². The minimum absolute atomic E-state index is 0.281. The van der Waals surface area contributed by atoms with E-state index in [9.17, 15) is 0 Å². The van der Waals surface area contributed by atoms with Gasteiger partial charge in [-0.2, -0.15) is 0 Å². The molecular formula is C14H19NO2. The van der Waals surface area contributed by atoms with Crippen LogP contribution in [0.2, 0.25) is 0 Å². The molecule has 3 heteroatoms. The van der Waals surface area contributed by atoms with Crippen molar-refractivity contribution in [1.82, 2.24) is 5.32 Å². The summed E-state index contributed by atoms with van der Waals surface area (Å²) in [7, 11) is 3.35. The zero-order valence-electron chi connectivity index (χ0n) is 10.6. The number of allylic oxidation sites excluding steroid dienone is 1. The monoisotopic (exact) mass is 233 g/mol. The van der Waals surface area contributed by atoms with Gasteiger partial charge in [-0.3, -0.25) is 0 Å². The van der Waals surface area contributed by atoms with Crippen molar-refractivity contribution < 1.29 is 9.47 Å². The Hall–Kier alpha value is -1.48. The molecule has 92 valence electrons. The molecule has 0 amide bonds. The maximum absolute atomic E-state index is 5.35. The molecule has 0 bridgehead atoms. The lowest BCUT2D eigenvalue weighted by Crippen LogP contribution is -2.28. The van der Waals surface area contributed by atoms with Gasteiger partial charge in [0.1, 0.15) is 0 Å². The van der Waals surface area contributed by atoms with Crippen molar-refractivity contribution in [3.8, 4) is 11.5 Å². The van der Waals surface area contributed by atoms with Crippen LogP contribution in [0.25, 0.3) is 0 Å². The van der Waals surface area contributed by atoms with Gasteiger partial charge in [-0.1, -0.05) is 12.2 Å². The second kappa shape index (κ2) is 5.23. The van der Waals surface area contributed by atoms with Crippen LogP contribution < -0.4 is 14.8 Å². The lowest BCUT2D eigenvalue weighted by Gasteiger charge is -2.26. The molecule has 1 atom stereocenters. The molecule has 1 aromatic carbocycles. The largest absolute Gasteiger partial charge is 0.493 e. The number of fused-ring (bicyclic) bond motifs is 1. The van der Waals surface area contributed by atoms with Crippen LogP contribution in [0.15, 0.2) is 24.3 Å². The number of nitrogens with one attached hydrogen (secondary N) is 1. The quantitative estimate of drug-likeness (QED) is 0.813. The molecule has 0 aliphatic carbocycles. The second-order valence-electron chi connectivity index (χ2n) is 4.11. The topological polar surface area (TPSA) is 30.5 Å². The third kappa shape index (κ3) is 2.29. The number of benzene rings is 1. The highest BCUT2D eigenvalue weighted by atomic mass is 16.5. The molecule has 0 radical (unpaired) electrons. The summed E-state index contributed by atoms with van der Waals surface area (Å²) in [5.74, 6) is 1.61. The molecule has 0 unspecified atom stereocenters. The molecule has 1 aromatic rings. The molecule has 0 fully saturated rings. The highest BCUT2D eigenvalue weighted by Crippen LogP contribution is 2.35. The van der Waals surface area contributed by atoms with Gasteiger partial charge < -0.3 is 14.8 Å². The molecule has 1 aliphatic rings. The summed E-state index contributed by atoms with van der Waals surface area (Å²) in [6, 6.07) is 4.44. The smallest absolute Gasteiger partial charge is 0.161 e. The Morgan fingerprint density at radius 1 is 1.24 bits per heavy atom. The number of hydrogen-bond donors (Lipinski definition) is 1. The Bertz CT molecular complexity index is 426. The predicted molar refractivity (Wildman–Crippen MR) is 68.8 cm³/mol. The predicted octanol–water partition coefficient (Wildman–Crippen LogP) is 2.47. The van der Waals surface area contributed by atoms with Crippen LogP contribution in [0.1, 0.15) is 24.1 Å². The van der Waals surface area contributed by atoms with Crippen LogP contribution in [-0.4, -0.2) is 20.8 Å². The van der Waals surface area contributed by atoms with E-state index in [1.807, 2.05) is 6.92 Å². The van der Waals surface area contributed by atoms with Crippen molar-refractivity contribution >= 4 is 0 Å². The maximum atomic E-state index is 5.35. The van der Waals surface area contributed by atoms with Crippen LogP contribution in [-0.2, 0) is 6.42 Å². The molecule has 0 spiro atoms. The Kier molecular flexibility index (Phi) is 3.69. The van der Waals surface area contributed by atoms with Crippen molar-refractivity contribution in [3.63, 3.8) is 0 Å². The van der Waals surface area contributed by atoms with Gasteiger partial charge in [0.25, 0.3) is 0 Å². The Labute approximate surface area is 102 Å². The van der Waals surface area contributed by atoms with Crippen LogP contribution in [0, 0.1) is 0 Å². The zero-order valence-corrected chi connectivity index (χ0v) is 10.6. The molecular weight excluding hydrogens is 214 g/mol. The zero-order chi connectivity index (χ0) is 12.3. The highest BCUT2D eigenvalue weighted by Gasteiger charge is 2.20. The number of hydrogen-bond acceptors (Lipinski definition) is 3. The van der Waals surface area contributed by atoms with Crippen molar-refractivity contribution in [1.29, 1.82) is 0 Å². The summed E-state index contributed by atoms with van der Waals surface area (Å²) in [4.78, 5) is 0. The van der Waals surface area contributed by atoms with Crippen molar-refractivity contribution in [2.45, 2.75) is 19.4 Å². The molecule has 1 N–H and O–H groups in total. The van der Waals surface area contributed by atoms with Crippen molar-refractivity contribution in [2.75, 3.05) is 20.8 Å². The average Bonchev–Trinajstić information content (AvgIpc) is 2.38. The Morgan fingerprint density at radius 3 is 2.59 bits per heavy atom. The summed E-state index contributed by atoms with van der Waals surface area (Å²) in [5.41, 5.74) is 2.62. The van der Waals surface area contributed by atoms with Gasteiger partial charge in [-0.25, -0.2) is 0 Å². The SMILES string of the molecule is C/C=C\[C@@H]1NCCc2cc(OC)c(OC)cc21. The van der Waals surface area contributed by atoms with E-state index in [4.69, 9.17) is 9.47 Å². The standard InChI is InChI=1S/C14H19NO2/c1-4-5-12-11-9-14(17-3)13(16-2)8-10(11)6-7-15-12/h4-5,8-9,12,15H,6-7H2,1-3H3/b5-4-/t12-/m0/s1. The van der Waals surface area contributed by atoms with Gasteiger partial charge in [-0.15, -0.1) is 0 Å². The minimum atomic E-state index is 0.281. The van der Waals surface area contributed by atoms with E-state index < -0.39 is 0 Å². The number of methoxy groups -OCH3 is 2. The Balaban J connectivity index is 2.46. The number of ether oxygens (including phenoxy) is 2. The van der Waals surface area contributed by atoms with Gasteiger partial charge in [0, 0.05) is 6.54 Å². The fourth-order valence-electron chi connectivity index (χ4n) is 2.28. The van der Waals surface area contributed by atoms with Gasteiger partial charge in [0.15, 0.2) is 11.5 Å². The van der Waals surface area contributed by atoms with Crippen molar-refractivity contribution in [3.05, 3.63) is 35.4 Å². The van der Waals surface area contributed by atoms with Crippen LogP contribution >= 0.6 is 0 Å². The molecule has 1 heterocycles. The summed E-state index contributed by atoms with van der Waals surface area (Å²) in [6.45, 7) is 3.04. The summed E-state index contributed by atoms with van der Waals surface area (Å²) < 4.78 is 10.7.